The molecule has 0 fully saturated rings. The fraction of sp³-hybridized carbons (Fsp3) is 0.0769. The number of anilines is 3. The monoisotopic (exact) mass is 371 g/mol. The van der Waals surface area contributed by atoms with E-state index in [-0.39, 0.29) is 6.71 Å². The smallest absolute Gasteiger partial charge is 0.256 e. The van der Waals surface area contributed by atoms with Gasteiger partial charge in [-0.3, -0.25) is 0 Å². The van der Waals surface area contributed by atoms with Crippen LogP contribution in [0.25, 0.3) is 0 Å². The average molecular weight is 371 g/mol. The predicted molar refractivity (Wildman–Crippen MR) is 120 cm³/mol. The maximum Gasteiger partial charge on any atom is 0.256 e. The van der Waals surface area contributed by atoms with Gasteiger partial charge in [-0.2, -0.15) is 0 Å². The van der Waals surface area contributed by atoms with Crippen LogP contribution >= 0.6 is 0 Å². The Morgan fingerprint density at radius 3 is 2.31 bits per heavy atom. The lowest BCUT2D eigenvalue weighted by atomic mass is 9.34. The van der Waals surface area contributed by atoms with Gasteiger partial charge in [0.25, 0.3) is 6.71 Å². The molecule has 0 aromatic heterocycles. The van der Waals surface area contributed by atoms with Crippen LogP contribution in [0.3, 0.4) is 0 Å². The zero-order chi connectivity index (χ0) is 18.9. The molecule has 3 aliphatic rings. The molecule has 29 heavy (non-hydrogen) atoms. The topological polar surface area (TPSA) is 12.5 Å². The van der Waals surface area contributed by atoms with Gasteiger partial charge in [0.2, 0.25) is 0 Å². The lowest BCUT2D eigenvalue weighted by molar-refractivity contribution is 0.485. The quantitative estimate of drug-likeness (QED) is 0.402. The molecule has 0 saturated carbocycles. The number of para-hydroxylation sites is 3. The van der Waals surface area contributed by atoms with E-state index in [1.165, 1.54) is 44.6 Å². The summed E-state index contributed by atoms with van der Waals surface area (Å²) in [7, 11) is 0. The zero-order valence-corrected chi connectivity index (χ0v) is 15.9. The third-order valence-electron chi connectivity index (χ3n) is 6.61. The summed E-state index contributed by atoms with van der Waals surface area (Å²) in [5, 5.41) is 0. The van der Waals surface area contributed by atoms with Gasteiger partial charge in [0.15, 0.2) is 0 Å². The van der Waals surface area contributed by atoms with Crippen LogP contribution in [-0.4, -0.2) is 6.71 Å². The third kappa shape index (κ3) is 1.97. The molecular formula is C26H18BNO. The number of aryl methyl sites for hydroxylation is 1. The number of benzene rings is 4. The van der Waals surface area contributed by atoms with E-state index in [2.05, 4.69) is 89.8 Å². The van der Waals surface area contributed by atoms with E-state index >= 15 is 0 Å². The van der Waals surface area contributed by atoms with Crippen molar-refractivity contribution >= 4 is 40.2 Å². The van der Waals surface area contributed by atoms with Crippen molar-refractivity contribution < 1.29 is 4.74 Å². The molecule has 0 bridgehead atoms. The van der Waals surface area contributed by atoms with Crippen LogP contribution in [0, 0.1) is 0 Å². The molecule has 3 heteroatoms. The standard InChI is InChI=1S/C26H18BNO/c1-2-8-18(9-3-1)28-22-12-6-4-10-20(22)27-21-11-5-7-13-23(21)29-24-16-17-14-15-19(17)26(28)25(24)27/h1-13,16H,14-15H2. The van der Waals surface area contributed by atoms with E-state index in [0.717, 1.165) is 24.3 Å². The Hall–Kier alpha value is -3.46. The highest BCUT2D eigenvalue weighted by Gasteiger charge is 2.44. The van der Waals surface area contributed by atoms with Gasteiger partial charge in [0.05, 0.1) is 0 Å². The lowest BCUT2D eigenvalue weighted by Gasteiger charge is -2.43. The molecule has 0 radical (unpaired) electrons. The molecule has 0 atom stereocenters. The molecule has 0 saturated heterocycles. The van der Waals surface area contributed by atoms with Crippen LogP contribution < -0.4 is 26.0 Å². The van der Waals surface area contributed by atoms with Crippen molar-refractivity contribution in [1.29, 1.82) is 0 Å². The summed E-state index contributed by atoms with van der Waals surface area (Å²) in [4.78, 5) is 2.46. The van der Waals surface area contributed by atoms with E-state index in [1.54, 1.807) is 0 Å². The van der Waals surface area contributed by atoms with Crippen molar-refractivity contribution in [3.05, 3.63) is 96.1 Å². The Kier molecular flexibility index (Phi) is 2.96. The zero-order valence-electron chi connectivity index (χ0n) is 15.9. The number of hydrogen-bond donors (Lipinski definition) is 0. The summed E-state index contributed by atoms with van der Waals surface area (Å²) >= 11 is 0. The van der Waals surface area contributed by atoms with E-state index in [9.17, 15) is 0 Å². The summed E-state index contributed by atoms with van der Waals surface area (Å²) in [6.07, 6.45) is 2.27. The van der Waals surface area contributed by atoms with Crippen LogP contribution in [0.5, 0.6) is 11.5 Å². The Bertz CT molecular complexity index is 1300. The van der Waals surface area contributed by atoms with Crippen molar-refractivity contribution in [3.63, 3.8) is 0 Å². The molecule has 2 aliphatic heterocycles. The van der Waals surface area contributed by atoms with Crippen molar-refractivity contribution in [2.75, 3.05) is 4.90 Å². The number of rotatable bonds is 1. The number of fused-ring (bicyclic) bond motifs is 6. The first-order chi connectivity index (χ1) is 14.4. The van der Waals surface area contributed by atoms with Crippen LogP contribution in [0.2, 0.25) is 0 Å². The van der Waals surface area contributed by atoms with Crippen LogP contribution in [0.15, 0.2) is 84.9 Å². The second-order valence-corrected chi connectivity index (χ2v) is 8.08. The van der Waals surface area contributed by atoms with Gasteiger partial charge in [0.1, 0.15) is 11.5 Å². The number of nitrogens with zero attached hydrogens (tertiary/aromatic N) is 1. The summed E-state index contributed by atoms with van der Waals surface area (Å²) in [6.45, 7) is 0.215. The predicted octanol–water partition coefficient (Wildman–Crippen LogP) is 4.19. The van der Waals surface area contributed by atoms with Gasteiger partial charge in [-0.1, -0.05) is 54.6 Å². The highest BCUT2D eigenvalue weighted by Crippen LogP contribution is 2.46. The Balaban J connectivity index is 1.62. The van der Waals surface area contributed by atoms with E-state index in [4.69, 9.17) is 4.74 Å². The van der Waals surface area contributed by atoms with E-state index in [1.807, 2.05) is 0 Å². The highest BCUT2D eigenvalue weighted by atomic mass is 16.5. The minimum absolute atomic E-state index is 0.215. The van der Waals surface area contributed by atoms with E-state index in [0.29, 0.717) is 0 Å². The molecule has 136 valence electrons. The second-order valence-electron chi connectivity index (χ2n) is 8.08. The van der Waals surface area contributed by atoms with Gasteiger partial charge in [-0.05, 0) is 70.7 Å². The summed E-state index contributed by atoms with van der Waals surface area (Å²) in [5.74, 6) is 2.01. The molecular weight excluding hydrogens is 353 g/mol. The Labute approximate surface area is 170 Å². The molecule has 0 unspecified atom stereocenters. The van der Waals surface area contributed by atoms with Crippen molar-refractivity contribution in [1.82, 2.24) is 0 Å². The SMILES string of the molecule is c1ccc(N2c3ccccc3B3c4ccccc4Oc4cc5c(c2c43)CC5)cc1. The van der Waals surface area contributed by atoms with Crippen molar-refractivity contribution in [3.8, 4) is 11.5 Å². The Morgan fingerprint density at radius 1 is 0.724 bits per heavy atom. The molecule has 0 amide bonds. The molecule has 0 spiro atoms. The molecule has 7 rings (SSSR count). The lowest BCUT2D eigenvalue weighted by Crippen LogP contribution is -2.60. The van der Waals surface area contributed by atoms with Gasteiger partial charge in [-0.25, -0.2) is 0 Å². The molecule has 4 aromatic rings. The molecule has 0 N–H and O–H groups in total. The normalized spacial score (nSPS) is 14.8. The van der Waals surface area contributed by atoms with Crippen molar-refractivity contribution in [2.24, 2.45) is 0 Å². The third-order valence-corrected chi connectivity index (χ3v) is 6.61. The van der Waals surface area contributed by atoms with Crippen LogP contribution in [0.4, 0.5) is 17.1 Å². The summed E-state index contributed by atoms with van der Waals surface area (Å²) in [6, 6.07) is 30.4. The fourth-order valence-corrected chi connectivity index (χ4v) is 5.27. The summed E-state index contributed by atoms with van der Waals surface area (Å²) < 4.78 is 6.47. The fourth-order valence-electron chi connectivity index (χ4n) is 5.27. The minimum atomic E-state index is 0.215. The largest absolute Gasteiger partial charge is 0.458 e. The van der Waals surface area contributed by atoms with Crippen LogP contribution in [-0.2, 0) is 12.8 Å². The van der Waals surface area contributed by atoms with Crippen molar-refractivity contribution in [2.45, 2.75) is 12.8 Å². The van der Waals surface area contributed by atoms with Gasteiger partial charge >= 0.3 is 0 Å². The molecule has 2 nitrogen and oxygen atoms in total. The Morgan fingerprint density at radius 2 is 1.48 bits per heavy atom. The number of ether oxygens (including phenoxy) is 1. The molecule has 1 aliphatic carbocycles. The second kappa shape index (κ2) is 5.54. The summed E-state index contributed by atoms with van der Waals surface area (Å²) in [5.41, 5.74) is 10.7. The maximum atomic E-state index is 6.47. The first-order valence-corrected chi connectivity index (χ1v) is 10.3. The highest BCUT2D eigenvalue weighted by molar-refractivity contribution is 6.99. The van der Waals surface area contributed by atoms with Gasteiger partial charge in [0, 0.05) is 17.1 Å². The van der Waals surface area contributed by atoms with Crippen LogP contribution in [0.1, 0.15) is 11.1 Å². The number of hydrogen-bond acceptors (Lipinski definition) is 2. The first kappa shape index (κ1) is 15.5. The molecule has 4 aromatic carbocycles. The maximum absolute atomic E-state index is 6.47. The molecule has 2 heterocycles. The minimum Gasteiger partial charge on any atom is -0.458 e. The first-order valence-electron chi connectivity index (χ1n) is 10.3. The van der Waals surface area contributed by atoms with Gasteiger partial charge in [-0.15, -0.1) is 0 Å². The van der Waals surface area contributed by atoms with Gasteiger partial charge < -0.3 is 9.64 Å². The average Bonchev–Trinajstić information content (AvgIpc) is 2.76. The van der Waals surface area contributed by atoms with E-state index < -0.39 is 0 Å².